The van der Waals surface area contributed by atoms with Crippen molar-refractivity contribution in [2.24, 2.45) is 0 Å². The fourth-order valence-electron chi connectivity index (χ4n) is 3.68. The summed E-state index contributed by atoms with van der Waals surface area (Å²) in [5.74, 6) is 0.826. The molecule has 1 heterocycles. The quantitative estimate of drug-likeness (QED) is 0.603. The minimum Gasteiger partial charge on any atom is -0.497 e. The number of imide groups is 1. The molecule has 1 fully saturated rings. The number of carbonyl (C=O) groups is 3. The molecule has 8 nitrogen and oxygen atoms in total. The molecule has 0 bridgehead atoms. The second kappa shape index (κ2) is 9.51. The smallest absolute Gasteiger partial charge is 0.257 e. The molecule has 0 N–H and O–H groups in total. The van der Waals surface area contributed by atoms with Crippen molar-refractivity contribution in [3.05, 3.63) is 48.0 Å². The molecule has 1 aliphatic heterocycles. The van der Waals surface area contributed by atoms with Crippen molar-refractivity contribution >= 4 is 23.4 Å². The molecule has 0 unspecified atom stereocenters. The normalized spacial score (nSPS) is 15.7. The summed E-state index contributed by atoms with van der Waals surface area (Å²) in [5, 5.41) is 0. The summed E-state index contributed by atoms with van der Waals surface area (Å²) in [7, 11) is 4.66. The van der Waals surface area contributed by atoms with Crippen LogP contribution in [0.25, 0.3) is 0 Å². The van der Waals surface area contributed by atoms with E-state index in [1.807, 2.05) is 12.1 Å². The molecule has 3 amide bonds. The first-order valence-electron chi connectivity index (χ1n) is 9.88. The van der Waals surface area contributed by atoms with E-state index in [2.05, 4.69) is 0 Å². The predicted molar refractivity (Wildman–Crippen MR) is 115 cm³/mol. The SMILES string of the molecule is COc1ccc(N2C(=O)C[C@@H](N(CCc3ccc(OC)c(OC)c3)C(C)=O)C2=O)cc1. The predicted octanol–water partition coefficient (Wildman–Crippen LogP) is 2.44. The lowest BCUT2D eigenvalue weighted by Gasteiger charge is -2.26. The van der Waals surface area contributed by atoms with Crippen molar-refractivity contribution in [2.45, 2.75) is 25.8 Å². The highest BCUT2D eigenvalue weighted by molar-refractivity contribution is 6.23. The number of methoxy groups -OCH3 is 3. The van der Waals surface area contributed by atoms with Gasteiger partial charge in [0, 0.05) is 13.5 Å². The Kier molecular flexibility index (Phi) is 6.79. The van der Waals surface area contributed by atoms with Gasteiger partial charge in [-0.15, -0.1) is 0 Å². The highest BCUT2D eigenvalue weighted by atomic mass is 16.5. The second-order valence-corrected chi connectivity index (χ2v) is 7.14. The Morgan fingerprint density at radius 2 is 1.68 bits per heavy atom. The summed E-state index contributed by atoms with van der Waals surface area (Å²) in [4.78, 5) is 40.6. The van der Waals surface area contributed by atoms with Gasteiger partial charge >= 0.3 is 0 Å². The summed E-state index contributed by atoms with van der Waals surface area (Å²) in [5.41, 5.74) is 1.38. The van der Waals surface area contributed by atoms with Crippen LogP contribution in [0.1, 0.15) is 18.9 Å². The number of hydrogen-bond acceptors (Lipinski definition) is 6. The Bertz CT molecular complexity index is 973. The maximum absolute atomic E-state index is 13.1. The minimum atomic E-state index is -0.827. The largest absolute Gasteiger partial charge is 0.497 e. The van der Waals surface area contributed by atoms with E-state index in [0.29, 0.717) is 35.9 Å². The van der Waals surface area contributed by atoms with Gasteiger partial charge in [0.15, 0.2) is 11.5 Å². The zero-order chi connectivity index (χ0) is 22.5. The van der Waals surface area contributed by atoms with Crippen LogP contribution < -0.4 is 19.1 Å². The lowest BCUT2D eigenvalue weighted by atomic mass is 10.1. The van der Waals surface area contributed by atoms with Crippen LogP contribution in [-0.2, 0) is 20.8 Å². The van der Waals surface area contributed by atoms with Crippen molar-refractivity contribution < 1.29 is 28.6 Å². The van der Waals surface area contributed by atoms with E-state index in [1.165, 1.54) is 11.8 Å². The lowest BCUT2D eigenvalue weighted by Crippen LogP contribution is -2.45. The van der Waals surface area contributed by atoms with Crippen LogP contribution in [0.2, 0.25) is 0 Å². The Labute approximate surface area is 181 Å². The van der Waals surface area contributed by atoms with Crippen LogP contribution >= 0.6 is 0 Å². The van der Waals surface area contributed by atoms with Gasteiger partial charge in [-0.1, -0.05) is 6.07 Å². The maximum atomic E-state index is 13.1. The molecule has 31 heavy (non-hydrogen) atoms. The highest BCUT2D eigenvalue weighted by Gasteiger charge is 2.43. The third-order valence-corrected chi connectivity index (χ3v) is 5.32. The maximum Gasteiger partial charge on any atom is 0.257 e. The molecular weight excluding hydrogens is 400 g/mol. The molecule has 3 rings (SSSR count). The second-order valence-electron chi connectivity index (χ2n) is 7.14. The Morgan fingerprint density at radius 1 is 1.00 bits per heavy atom. The topological polar surface area (TPSA) is 85.4 Å². The number of rotatable bonds is 8. The van der Waals surface area contributed by atoms with Gasteiger partial charge in [-0.2, -0.15) is 0 Å². The fraction of sp³-hybridized carbons (Fsp3) is 0.348. The molecular formula is C23H26N2O6. The zero-order valence-electron chi connectivity index (χ0n) is 18.1. The summed E-state index contributed by atoms with van der Waals surface area (Å²) >= 11 is 0. The fourth-order valence-corrected chi connectivity index (χ4v) is 3.68. The summed E-state index contributed by atoms with van der Waals surface area (Å²) in [6, 6.07) is 11.4. The van der Waals surface area contributed by atoms with Crippen molar-refractivity contribution in [2.75, 3.05) is 32.8 Å². The van der Waals surface area contributed by atoms with Crippen molar-refractivity contribution in [1.29, 1.82) is 0 Å². The summed E-state index contributed by atoms with van der Waals surface area (Å²) in [6.45, 7) is 1.70. The highest BCUT2D eigenvalue weighted by Crippen LogP contribution is 2.29. The van der Waals surface area contributed by atoms with Crippen LogP contribution in [0, 0.1) is 0 Å². The van der Waals surface area contributed by atoms with Gasteiger partial charge in [0.2, 0.25) is 11.8 Å². The third kappa shape index (κ3) is 4.63. The monoisotopic (exact) mass is 426 g/mol. The molecule has 0 saturated carbocycles. The van der Waals surface area contributed by atoms with Gasteiger partial charge in [0.1, 0.15) is 11.8 Å². The number of hydrogen-bond donors (Lipinski definition) is 0. The van der Waals surface area contributed by atoms with Crippen molar-refractivity contribution in [1.82, 2.24) is 4.90 Å². The average Bonchev–Trinajstić information content (AvgIpc) is 3.07. The van der Waals surface area contributed by atoms with Crippen molar-refractivity contribution in [3.63, 3.8) is 0 Å². The Balaban J connectivity index is 1.76. The van der Waals surface area contributed by atoms with E-state index in [-0.39, 0.29) is 18.2 Å². The molecule has 0 aliphatic carbocycles. The first-order chi connectivity index (χ1) is 14.9. The van der Waals surface area contributed by atoms with Crippen LogP contribution in [0.3, 0.4) is 0 Å². The van der Waals surface area contributed by atoms with E-state index in [4.69, 9.17) is 14.2 Å². The van der Waals surface area contributed by atoms with Gasteiger partial charge in [0.25, 0.3) is 5.91 Å². The van der Waals surface area contributed by atoms with E-state index in [1.54, 1.807) is 51.7 Å². The van der Waals surface area contributed by atoms with Gasteiger partial charge < -0.3 is 19.1 Å². The van der Waals surface area contributed by atoms with Crippen LogP contribution in [0.15, 0.2) is 42.5 Å². The molecule has 1 saturated heterocycles. The molecule has 1 atom stereocenters. The van der Waals surface area contributed by atoms with E-state index < -0.39 is 11.9 Å². The Hall–Kier alpha value is -3.55. The molecule has 8 heteroatoms. The van der Waals surface area contributed by atoms with Gasteiger partial charge in [0.05, 0.1) is 33.4 Å². The number of anilines is 1. The molecule has 2 aromatic carbocycles. The number of benzene rings is 2. The summed E-state index contributed by atoms with van der Waals surface area (Å²) in [6.07, 6.45) is 0.455. The third-order valence-electron chi connectivity index (χ3n) is 5.32. The Morgan fingerprint density at radius 3 is 2.26 bits per heavy atom. The average molecular weight is 426 g/mol. The molecule has 0 radical (unpaired) electrons. The standard InChI is InChI=1S/C23H26N2O6/c1-15(26)24(12-11-16-5-10-20(30-3)21(13-16)31-4)19-14-22(27)25(23(19)28)17-6-8-18(29-2)9-7-17/h5-10,13,19H,11-12,14H2,1-4H3/t19-/m1/s1. The molecule has 0 spiro atoms. The van der Waals surface area contributed by atoms with E-state index >= 15 is 0 Å². The van der Waals surface area contributed by atoms with Gasteiger partial charge in [-0.3, -0.25) is 14.4 Å². The van der Waals surface area contributed by atoms with E-state index in [0.717, 1.165) is 10.5 Å². The van der Waals surface area contributed by atoms with Crippen molar-refractivity contribution in [3.8, 4) is 17.2 Å². The lowest BCUT2D eigenvalue weighted by molar-refractivity contribution is -0.136. The number of nitrogens with zero attached hydrogens (tertiary/aromatic N) is 2. The number of ether oxygens (including phenoxy) is 3. The van der Waals surface area contributed by atoms with Gasteiger partial charge in [-0.25, -0.2) is 4.90 Å². The number of carbonyl (C=O) groups excluding carboxylic acids is 3. The molecule has 164 valence electrons. The van der Waals surface area contributed by atoms with Crippen LogP contribution in [-0.4, -0.2) is 56.5 Å². The molecule has 0 aromatic heterocycles. The van der Waals surface area contributed by atoms with Gasteiger partial charge in [-0.05, 0) is 48.4 Å². The van der Waals surface area contributed by atoms with E-state index in [9.17, 15) is 14.4 Å². The first kappa shape index (κ1) is 22.1. The molecule has 2 aromatic rings. The summed E-state index contributed by atoms with van der Waals surface area (Å²) < 4.78 is 15.7. The van der Waals surface area contributed by atoms with Crippen LogP contribution in [0.5, 0.6) is 17.2 Å². The zero-order valence-corrected chi connectivity index (χ0v) is 18.1. The minimum absolute atomic E-state index is 0.0453. The van der Waals surface area contributed by atoms with Crippen LogP contribution in [0.4, 0.5) is 5.69 Å². The number of amides is 3. The first-order valence-corrected chi connectivity index (χ1v) is 9.88. The molecule has 1 aliphatic rings.